The number of benzene rings is 1. The van der Waals surface area contributed by atoms with Crippen LogP contribution in [0.25, 0.3) is 0 Å². The molecule has 0 saturated carbocycles. The molecule has 0 radical (unpaired) electrons. The number of aromatic hydroxyl groups is 2. The first-order chi connectivity index (χ1) is 7.61. The van der Waals surface area contributed by atoms with Crippen molar-refractivity contribution in [1.29, 1.82) is 5.26 Å². The van der Waals surface area contributed by atoms with Crippen molar-refractivity contribution in [3.05, 3.63) is 23.8 Å². The predicted molar refractivity (Wildman–Crippen MR) is 57.0 cm³/mol. The minimum atomic E-state index is -0.475. The average Bonchev–Trinajstić information content (AvgIpc) is 2.29. The van der Waals surface area contributed by atoms with E-state index in [1.807, 2.05) is 6.07 Å². The first-order valence-corrected chi connectivity index (χ1v) is 4.79. The van der Waals surface area contributed by atoms with E-state index in [-0.39, 0.29) is 17.9 Å². The maximum absolute atomic E-state index is 11.8. The highest BCUT2D eigenvalue weighted by atomic mass is 16.3. The molecule has 0 spiro atoms. The molecule has 5 heteroatoms. The third kappa shape index (κ3) is 2.23. The summed E-state index contributed by atoms with van der Waals surface area (Å²) in [6.07, 6.45) is 0. The lowest BCUT2D eigenvalue weighted by molar-refractivity contribution is 0.0780. The lowest BCUT2D eigenvalue weighted by Gasteiger charge is -2.17. The van der Waals surface area contributed by atoms with E-state index in [2.05, 4.69) is 0 Å². The van der Waals surface area contributed by atoms with Crippen LogP contribution < -0.4 is 0 Å². The molecule has 16 heavy (non-hydrogen) atoms. The Balaban J connectivity index is 3.05. The summed E-state index contributed by atoms with van der Waals surface area (Å²) >= 11 is 0. The van der Waals surface area contributed by atoms with Gasteiger partial charge in [0.25, 0.3) is 5.91 Å². The number of carbonyl (C=O) groups excluding carboxylic acids is 1. The van der Waals surface area contributed by atoms with Crippen molar-refractivity contribution in [2.45, 2.75) is 6.92 Å². The first kappa shape index (κ1) is 11.9. The lowest BCUT2D eigenvalue weighted by atomic mass is 10.1. The van der Waals surface area contributed by atoms with Crippen LogP contribution >= 0.6 is 0 Å². The molecule has 0 atom stereocenters. The Hall–Kier alpha value is -2.22. The van der Waals surface area contributed by atoms with Crippen LogP contribution in [0.4, 0.5) is 0 Å². The summed E-state index contributed by atoms with van der Waals surface area (Å²) in [6, 6.07) is 6.01. The molecule has 0 aromatic heterocycles. The van der Waals surface area contributed by atoms with E-state index >= 15 is 0 Å². The van der Waals surface area contributed by atoms with Gasteiger partial charge in [-0.25, -0.2) is 0 Å². The number of hydrogen-bond donors (Lipinski definition) is 2. The molecule has 5 nitrogen and oxygen atoms in total. The predicted octanol–water partition coefficient (Wildman–Crippen LogP) is 1.08. The van der Waals surface area contributed by atoms with Gasteiger partial charge in [0.1, 0.15) is 6.54 Å². The Kier molecular flexibility index (Phi) is 3.72. The highest BCUT2D eigenvalue weighted by Gasteiger charge is 2.18. The molecular formula is C11H12N2O3. The summed E-state index contributed by atoms with van der Waals surface area (Å²) < 4.78 is 0. The van der Waals surface area contributed by atoms with E-state index in [1.165, 1.54) is 23.1 Å². The fourth-order valence-electron chi connectivity index (χ4n) is 1.29. The van der Waals surface area contributed by atoms with Gasteiger partial charge in [-0.2, -0.15) is 5.26 Å². The van der Waals surface area contributed by atoms with Crippen LogP contribution in [-0.4, -0.2) is 34.1 Å². The zero-order chi connectivity index (χ0) is 12.1. The molecule has 0 fully saturated rings. The molecule has 0 aliphatic heterocycles. The number of phenols is 2. The van der Waals surface area contributed by atoms with E-state index in [9.17, 15) is 15.0 Å². The number of amides is 1. The second-order valence-corrected chi connectivity index (χ2v) is 3.15. The van der Waals surface area contributed by atoms with Crippen LogP contribution in [0.5, 0.6) is 11.5 Å². The molecule has 1 rings (SSSR count). The Morgan fingerprint density at radius 1 is 1.50 bits per heavy atom. The van der Waals surface area contributed by atoms with E-state index < -0.39 is 11.7 Å². The van der Waals surface area contributed by atoms with Gasteiger partial charge < -0.3 is 15.1 Å². The van der Waals surface area contributed by atoms with E-state index in [0.717, 1.165) is 0 Å². The monoisotopic (exact) mass is 220 g/mol. The fourth-order valence-corrected chi connectivity index (χ4v) is 1.29. The summed E-state index contributed by atoms with van der Waals surface area (Å²) in [6.45, 7) is 2.04. The molecule has 0 saturated heterocycles. The molecule has 2 N–H and O–H groups in total. The number of para-hydroxylation sites is 1. The van der Waals surface area contributed by atoms with Gasteiger partial charge in [-0.1, -0.05) is 6.07 Å². The van der Waals surface area contributed by atoms with Gasteiger partial charge in [0.05, 0.1) is 11.6 Å². The number of hydrogen-bond acceptors (Lipinski definition) is 4. The Morgan fingerprint density at radius 2 is 2.19 bits per heavy atom. The lowest BCUT2D eigenvalue weighted by Crippen LogP contribution is -2.31. The summed E-state index contributed by atoms with van der Waals surface area (Å²) in [5.74, 6) is -1.28. The maximum atomic E-state index is 11.8. The standard InChI is InChI=1S/C11H12N2O3/c1-2-13(7-6-12)11(16)8-4-3-5-9(14)10(8)15/h3-5,14-15H,2,7H2,1H3. The van der Waals surface area contributed by atoms with Gasteiger partial charge in [-0.15, -0.1) is 0 Å². The van der Waals surface area contributed by atoms with E-state index in [0.29, 0.717) is 6.54 Å². The van der Waals surface area contributed by atoms with Crippen molar-refractivity contribution in [2.24, 2.45) is 0 Å². The quantitative estimate of drug-likeness (QED) is 0.589. The third-order valence-corrected chi connectivity index (χ3v) is 2.18. The van der Waals surface area contributed by atoms with Gasteiger partial charge in [0, 0.05) is 6.54 Å². The molecule has 0 aliphatic carbocycles. The van der Waals surface area contributed by atoms with Crippen molar-refractivity contribution in [1.82, 2.24) is 4.90 Å². The SMILES string of the molecule is CCN(CC#N)C(=O)c1cccc(O)c1O. The number of carbonyl (C=O) groups is 1. The minimum absolute atomic E-state index is 0.00269. The minimum Gasteiger partial charge on any atom is -0.504 e. The normalized spacial score (nSPS) is 9.50. The van der Waals surface area contributed by atoms with Crippen LogP contribution in [-0.2, 0) is 0 Å². The number of rotatable bonds is 3. The van der Waals surface area contributed by atoms with E-state index in [4.69, 9.17) is 5.26 Å². The molecule has 84 valence electrons. The third-order valence-electron chi connectivity index (χ3n) is 2.18. The second kappa shape index (κ2) is 5.03. The number of nitriles is 1. The summed E-state index contributed by atoms with van der Waals surface area (Å²) in [4.78, 5) is 13.1. The van der Waals surface area contributed by atoms with Gasteiger partial charge in [0.15, 0.2) is 11.5 Å². The van der Waals surface area contributed by atoms with Crippen LogP contribution in [0, 0.1) is 11.3 Å². The largest absolute Gasteiger partial charge is 0.504 e. The second-order valence-electron chi connectivity index (χ2n) is 3.15. The Labute approximate surface area is 93.2 Å². The summed E-state index contributed by atoms with van der Waals surface area (Å²) in [7, 11) is 0. The highest BCUT2D eigenvalue weighted by molar-refractivity contribution is 5.97. The average molecular weight is 220 g/mol. The smallest absolute Gasteiger partial charge is 0.258 e. The molecule has 1 aromatic rings. The number of phenolic OH excluding ortho intramolecular Hbond substituents is 2. The zero-order valence-corrected chi connectivity index (χ0v) is 8.84. The van der Waals surface area contributed by atoms with E-state index in [1.54, 1.807) is 6.92 Å². The van der Waals surface area contributed by atoms with Crippen LogP contribution in [0.2, 0.25) is 0 Å². The number of nitrogens with zero attached hydrogens (tertiary/aromatic N) is 2. The maximum Gasteiger partial charge on any atom is 0.258 e. The van der Waals surface area contributed by atoms with Crippen molar-refractivity contribution >= 4 is 5.91 Å². The molecule has 0 aliphatic rings. The van der Waals surface area contributed by atoms with Gasteiger partial charge in [-0.3, -0.25) is 4.79 Å². The molecule has 0 bridgehead atoms. The van der Waals surface area contributed by atoms with Gasteiger partial charge in [-0.05, 0) is 19.1 Å². The van der Waals surface area contributed by atoms with Crippen molar-refractivity contribution < 1.29 is 15.0 Å². The topological polar surface area (TPSA) is 84.6 Å². The van der Waals surface area contributed by atoms with Gasteiger partial charge >= 0.3 is 0 Å². The van der Waals surface area contributed by atoms with Crippen LogP contribution in [0.15, 0.2) is 18.2 Å². The molecule has 0 heterocycles. The summed E-state index contributed by atoms with van der Waals surface area (Å²) in [5.41, 5.74) is -0.00269. The summed E-state index contributed by atoms with van der Waals surface area (Å²) in [5, 5.41) is 27.3. The molecule has 0 unspecified atom stereocenters. The van der Waals surface area contributed by atoms with Crippen molar-refractivity contribution in [3.63, 3.8) is 0 Å². The zero-order valence-electron chi connectivity index (χ0n) is 8.84. The Bertz CT molecular complexity index is 437. The molecular weight excluding hydrogens is 208 g/mol. The van der Waals surface area contributed by atoms with Gasteiger partial charge in [0.2, 0.25) is 0 Å². The van der Waals surface area contributed by atoms with Crippen LogP contribution in [0.1, 0.15) is 17.3 Å². The molecule has 1 amide bonds. The Morgan fingerprint density at radius 3 is 2.75 bits per heavy atom. The van der Waals surface area contributed by atoms with Crippen molar-refractivity contribution in [2.75, 3.05) is 13.1 Å². The van der Waals surface area contributed by atoms with Crippen LogP contribution in [0.3, 0.4) is 0 Å². The first-order valence-electron chi connectivity index (χ1n) is 4.79. The highest BCUT2D eigenvalue weighted by Crippen LogP contribution is 2.28. The fraction of sp³-hybridized carbons (Fsp3) is 0.273. The molecule has 1 aromatic carbocycles. The van der Waals surface area contributed by atoms with Crippen molar-refractivity contribution in [3.8, 4) is 17.6 Å².